The van der Waals surface area contributed by atoms with Crippen LogP contribution in [0.15, 0.2) is 0 Å². The Labute approximate surface area is 83.0 Å². The summed E-state index contributed by atoms with van der Waals surface area (Å²) in [5.74, 6) is -0.558. The summed E-state index contributed by atoms with van der Waals surface area (Å²) in [6.07, 6.45) is 1.24. The molecule has 6 heteroatoms. The van der Waals surface area contributed by atoms with Crippen molar-refractivity contribution in [2.45, 2.75) is 32.7 Å². The number of nitrogens with two attached hydrogens (primary N) is 1. The van der Waals surface area contributed by atoms with E-state index in [-0.39, 0.29) is 0 Å². The Morgan fingerprint density at radius 3 is 2.36 bits per heavy atom. The molecule has 0 spiro atoms. The van der Waals surface area contributed by atoms with Crippen LogP contribution in [0.5, 0.6) is 0 Å². The SMILES string of the molecule is CCCC(C(N)=O)N(CC)C(=O)NO. The van der Waals surface area contributed by atoms with Gasteiger partial charge >= 0.3 is 6.03 Å². The van der Waals surface area contributed by atoms with Gasteiger partial charge in [-0.1, -0.05) is 13.3 Å². The molecule has 0 aromatic heterocycles. The van der Waals surface area contributed by atoms with E-state index in [2.05, 4.69) is 0 Å². The van der Waals surface area contributed by atoms with Crippen LogP contribution in [0.2, 0.25) is 0 Å². The molecule has 0 aliphatic carbocycles. The van der Waals surface area contributed by atoms with Crippen molar-refractivity contribution in [3.05, 3.63) is 0 Å². The number of carbonyl (C=O) groups is 2. The average Bonchev–Trinajstić information content (AvgIpc) is 2.16. The number of primary amides is 1. The molecule has 0 aromatic rings. The molecule has 14 heavy (non-hydrogen) atoms. The van der Waals surface area contributed by atoms with Gasteiger partial charge in [0.15, 0.2) is 0 Å². The third-order valence-corrected chi connectivity index (χ3v) is 1.96. The summed E-state index contributed by atoms with van der Waals surface area (Å²) in [6.45, 7) is 3.92. The molecule has 4 N–H and O–H groups in total. The van der Waals surface area contributed by atoms with Crippen molar-refractivity contribution in [2.24, 2.45) is 5.73 Å². The van der Waals surface area contributed by atoms with Gasteiger partial charge < -0.3 is 10.6 Å². The van der Waals surface area contributed by atoms with Gasteiger partial charge in [0.2, 0.25) is 5.91 Å². The Kier molecular flexibility index (Phi) is 5.62. The van der Waals surface area contributed by atoms with Crippen molar-refractivity contribution in [2.75, 3.05) is 6.54 Å². The van der Waals surface area contributed by atoms with Gasteiger partial charge in [-0.3, -0.25) is 10.0 Å². The van der Waals surface area contributed by atoms with E-state index < -0.39 is 18.0 Å². The number of hydrogen-bond acceptors (Lipinski definition) is 3. The Morgan fingerprint density at radius 1 is 1.50 bits per heavy atom. The number of carbonyl (C=O) groups excluding carboxylic acids is 2. The number of nitrogens with one attached hydrogen (secondary N) is 1. The van der Waals surface area contributed by atoms with E-state index in [9.17, 15) is 9.59 Å². The van der Waals surface area contributed by atoms with Crippen molar-refractivity contribution in [3.63, 3.8) is 0 Å². The third kappa shape index (κ3) is 3.21. The van der Waals surface area contributed by atoms with Crippen LogP contribution >= 0.6 is 0 Å². The number of hydrogen-bond donors (Lipinski definition) is 3. The van der Waals surface area contributed by atoms with Gasteiger partial charge in [-0.15, -0.1) is 0 Å². The second kappa shape index (κ2) is 6.20. The molecular weight excluding hydrogens is 186 g/mol. The van der Waals surface area contributed by atoms with Crippen molar-refractivity contribution in [1.82, 2.24) is 10.4 Å². The van der Waals surface area contributed by atoms with E-state index in [4.69, 9.17) is 10.9 Å². The fourth-order valence-corrected chi connectivity index (χ4v) is 1.29. The fourth-order valence-electron chi connectivity index (χ4n) is 1.29. The molecule has 6 nitrogen and oxygen atoms in total. The Morgan fingerprint density at radius 2 is 2.07 bits per heavy atom. The first-order chi connectivity index (χ1) is 6.58. The molecule has 0 bridgehead atoms. The second-order valence-corrected chi connectivity index (χ2v) is 2.91. The summed E-state index contributed by atoms with van der Waals surface area (Å²) in [4.78, 5) is 23.4. The van der Waals surface area contributed by atoms with E-state index in [1.165, 1.54) is 10.4 Å². The van der Waals surface area contributed by atoms with Crippen LogP contribution < -0.4 is 11.2 Å². The van der Waals surface area contributed by atoms with Gasteiger partial charge in [0.25, 0.3) is 0 Å². The van der Waals surface area contributed by atoms with Crippen molar-refractivity contribution < 1.29 is 14.8 Å². The largest absolute Gasteiger partial charge is 0.368 e. The minimum Gasteiger partial charge on any atom is -0.368 e. The second-order valence-electron chi connectivity index (χ2n) is 2.91. The van der Waals surface area contributed by atoms with Gasteiger partial charge in [-0.05, 0) is 13.3 Å². The lowest BCUT2D eigenvalue weighted by molar-refractivity contribution is -0.122. The van der Waals surface area contributed by atoms with Crippen LogP contribution in [0.4, 0.5) is 4.79 Å². The van der Waals surface area contributed by atoms with Crippen molar-refractivity contribution in [1.29, 1.82) is 0 Å². The Hall–Kier alpha value is -1.30. The zero-order chi connectivity index (χ0) is 11.1. The highest BCUT2D eigenvalue weighted by atomic mass is 16.5. The number of urea groups is 1. The quantitative estimate of drug-likeness (QED) is 0.435. The van der Waals surface area contributed by atoms with Gasteiger partial charge in [0.05, 0.1) is 0 Å². The van der Waals surface area contributed by atoms with Crippen LogP contribution in [0.25, 0.3) is 0 Å². The van der Waals surface area contributed by atoms with E-state index >= 15 is 0 Å². The molecular formula is C8H17N3O3. The minimum atomic E-state index is -0.704. The first-order valence-electron chi connectivity index (χ1n) is 4.58. The number of nitrogens with zero attached hydrogens (tertiary/aromatic N) is 1. The first-order valence-corrected chi connectivity index (χ1v) is 4.58. The molecule has 0 aliphatic rings. The summed E-state index contributed by atoms with van der Waals surface area (Å²) in [5, 5.41) is 8.44. The van der Waals surface area contributed by atoms with Crippen LogP contribution in [-0.2, 0) is 4.79 Å². The van der Waals surface area contributed by atoms with Crippen LogP contribution in [0.3, 0.4) is 0 Å². The zero-order valence-corrected chi connectivity index (χ0v) is 8.49. The van der Waals surface area contributed by atoms with Gasteiger partial charge in [0, 0.05) is 6.54 Å². The molecule has 0 fully saturated rings. The van der Waals surface area contributed by atoms with E-state index in [0.29, 0.717) is 13.0 Å². The van der Waals surface area contributed by atoms with E-state index in [0.717, 1.165) is 6.42 Å². The number of likely N-dealkylation sites (N-methyl/N-ethyl adjacent to an activating group) is 1. The summed E-state index contributed by atoms with van der Waals surface area (Å²) in [5.41, 5.74) is 6.64. The monoisotopic (exact) mass is 203 g/mol. The maximum absolute atomic E-state index is 11.1. The predicted octanol–water partition coefficient (Wildman–Crippen LogP) is 0.0611. The highest BCUT2D eigenvalue weighted by molar-refractivity contribution is 5.85. The Balaban J connectivity index is 4.57. The summed E-state index contributed by atoms with van der Waals surface area (Å²) in [7, 11) is 0. The number of hydroxylamine groups is 1. The van der Waals surface area contributed by atoms with Crippen LogP contribution in [0, 0.1) is 0 Å². The molecule has 0 aliphatic heterocycles. The Bertz CT molecular complexity index is 208. The summed E-state index contributed by atoms with van der Waals surface area (Å²) < 4.78 is 0. The lowest BCUT2D eigenvalue weighted by Gasteiger charge is -2.27. The molecule has 0 saturated carbocycles. The minimum absolute atomic E-state index is 0.319. The maximum atomic E-state index is 11.1. The molecule has 0 aromatic carbocycles. The van der Waals surface area contributed by atoms with E-state index in [1.807, 2.05) is 6.92 Å². The maximum Gasteiger partial charge on any atom is 0.341 e. The van der Waals surface area contributed by atoms with Crippen molar-refractivity contribution in [3.8, 4) is 0 Å². The lowest BCUT2D eigenvalue weighted by atomic mass is 10.1. The van der Waals surface area contributed by atoms with Crippen LogP contribution in [0.1, 0.15) is 26.7 Å². The van der Waals surface area contributed by atoms with Crippen LogP contribution in [-0.4, -0.2) is 34.6 Å². The fraction of sp³-hybridized carbons (Fsp3) is 0.750. The molecule has 82 valence electrons. The molecule has 0 radical (unpaired) electrons. The zero-order valence-electron chi connectivity index (χ0n) is 8.49. The normalized spacial score (nSPS) is 11.9. The van der Waals surface area contributed by atoms with E-state index in [1.54, 1.807) is 6.92 Å². The van der Waals surface area contributed by atoms with Gasteiger partial charge in [0.1, 0.15) is 6.04 Å². The molecule has 0 saturated heterocycles. The lowest BCUT2D eigenvalue weighted by Crippen LogP contribution is -2.50. The number of rotatable bonds is 5. The molecule has 1 unspecified atom stereocenters. The van der Waals surface area contributed by atoms with Crippen molar-refractivity contribution >= 4 is 11.9 Å². The molecule has 0 heterocycles. The predicted molar refractivity (Wildman–Crippen MR) is 50.6 cm³/mol. The van der Waals surface area contributed by atoms with Gasteiger partial charge in [-0.2, -0.15) is 0 Å². The molecule has 0 rings (SSSR count). The summed E-state index contributed by atoms with van der Waals surface area (Å²) in [6, 6.07) is -1.36. The topological polar surface area (TPSA) is 95.7 Å². The highest BCUT2D eigenvalue weighted by Crippen LogP contribution is 2.06. The highest BCUT2D eigenvalue weighted by Gasteiger charge is 2.25. The molecule has 3 amide bonds. The summed E-state index contributed by atoms with van der Waals surface area (Å²) >= 11 is 0. The molecule has 1 atom stereocenters. The average molecular weight is 203 g/mol. The third-order valence-electron chi connectivity index (χ3n) is 1.96. The standard InChI is InChI=1S/C8H17N3O3/c1-3-5-6(7(9)12)11(4-2)8(13)10-14/h6,14H,3-5H2,1-2H3,(H2,9,12)(H,10,13). The first kappa shape index (κ1) is 12.7. The smallest absolute Gasteiger partial charge is 0.341 e. The van der Waals surface area contributed by atoms with Gasteiger partial charge in [-0.25, -0.2) is 10.3 Å². The number of amides is 3.